The van der Waals surface area contributed by atoms with Gasteiger partial charge in [-0.25, -0.2) is 0 Å². The maximum atomic E-state index is 5.59. The summed E-state index contributed by atoms with van der Waals surface area (Å²) in [5.74, 6) is 0.657. The Morgan fingerprint density at radius 2 is 2.18 bits per heavy atom. The van der Waals surface area contributed by atoms with Gasteiger partial charge in [-0.1, -0.05) is 19.9 Å². The van der Waals surface area contributed by atoms with E-state index < -0.39 is 0 Å². The highest BCUT2D eigenvalue weighted by molar-refractivity contribution is 5.09. The Balaban J connectivity index is 2.51. The van der Waals surface area contributed by atoms with Crippen LogP contribution < -0.4 is 5.73 Å². The van der Waals surface area contributed by atoms with E-state index in [2.05, 4.69) is 35.9 Å². The molecule has 0 saturated carbocycles. The largest absolute Gasteiger partial charge is 0.330 e. The normalized spacial score (nSPS) is 13.0. The first-order valence-corrected chi connectivity index (χ1v) is 6.50. The Morgan fingerprint density at radius 1 is 1.41 bits per heavy atom. The minimum absolute atomic E-state index is 0.657. The van der Waals surface area contributed by atoms with Gasteiger partial charge in [-0.05, 0) is 44.5 Å². The second-order valence-corrected chi connectivity index (χ2v) is 4.78. The van der Waals surface area contributed by atoms with Crippen molar-refractivity contribution in [2.24, 2.45) is 11.7 Å². The van der Waals surface area contributed by atoms with Crippen LogP contribution in [-0.4, -0.2) is 29.5 Å². The number of aromatic nitrogens is 1. The molecule has 0 aromatic carbocycles. The standard InChI is InChI=1S/C14H25N3/c1-4-17(10-12(2)8-9-15)11-14-7-5-6-13(3)16-14/h5-7,12H,4,8-11,15H2,1-3H3. The SMILES string of the molecule is CCN(Cc1cccc(C)n1)CC(C)CCN. The van der Waals surface area contributed by atoms with Gasteiger partial charge in [0.1, 0.15) is 0 Å². The van der Waals surface area contributed by atoms with Gasteiger partial charge >= 0.3 is 0 Å². The van der Waals surface area contributed by atoms with Crippen molar-refractivity contribution in [1.82, 2.24) is 9.88 Å². The molecule has 3 heteroatoms. The molecule has 1 aromatic rings. The fraction of sp³-hybridized carbons (Fsp3) is 0.643. The summed E-state index contributed by atoms with van der Waals surface area (Å²) < 4.78 is 0. The highest BCUT2D eigenvalue weighted by Gasteiger charge is 2.09. The number of hydrogen-bond acceptors (Lipinski definition) is 3. The van der Waals surface area contributed by atoms with Gasteiger partial charge in [0.25, 0.3) is 0 Å². The second-order valence-electron chi connectivity index (χ2n) is 4.78. The number of nitrogens with zero attached hydrogens (tertiary/aromatic N) is 2. The molecule has 3 nitrogen and oxygen atoms in total. The predicted octanol–water partition coefficient (Wildman–Crippen LogP) is 2.20. The van der Waals surface area contributed by atoms with Gasteiger partial charge in [0.15, 0.2) is 0 Å². The molecule has 0 spiro atoms. The summed E-state index contributed by atoms with van der Waals surface area (Å²) in [5, 5.41) is 0. The van der Waals surface area contributed by atoms with Crippen LogP contribution >= 0.6 is 0 Å². The Labute approximate surface area is 105 Å². The summed E-state index contributed by atoms with van der Waals surface area (Å²) in [4.78, 5) is 6.98. The zero-order chi connectivity index (χ0) is 12.7. The Morgan fingerprint density at radius 3 is 2.76 bits per heavy atom. The summed E-state index contributed by atoms with van der Waals surface area (Å²) in [5.41, 5.74) is 7.84. The number of pyridine rings is 1. The van der Waals surface area contributed by atoms with Crippen molar-refractivity contribution < 1.29 is 0 Å². The third-order valence-corrected chi connectivity index (χ3v) is 3.01. The van der Waals surface area contributed by atoms with Crippen LogP contribution in [0.5, 0.6) is 0 Å². The van der Waals surface area contributed by atoms with E-state index in [9.17, 15) is 0 Å². The molecule has 0 fully saturated rings. The lowest BCUT2D eigenvalue weighted by Crippen LogP contribution is -2.29. The number of aryl methyl sites for hydroxylation is 1. The molecular weight excluding hydrogens is 210 g/mol. The fourth-order valence-electron chi connectivity index (χ4n) is 2.04. The first-order valence-electron chi connectivity index (χ1n) is 6.50. The summed E-state index contributed by atoms with van der Waals surface area (Å²) >= 11 is 0. The van der Waals surface area contributed by atoms with Gasteiger partial charge in [-0.15, -0.1) is 0 Å². The molecule has 17 heavy (non-hydrogen) atoms. The van der Waals surface area contributed by atoms with E-state index in [0.717, 1.165) is 44.0 Å². The van der Waals surface area contributed by atoms with Gasteiger partial charge in [0.05, 0.1) is 5.69 Å². The van der Waals surface area contributed by atoms with Crippen molar-refractivity contribution in [1.29, 1.82) is 0 Å². The Hall–Kier alpha value is -0.930. The van der Waals surface area contributed by atoms with Gasteiger partial charge in [0.2, 0.25) is 0 Å². The lowest BCUT2D eigenvalue weighted by atomic mass is 10.1. The Kier molecular flexibility index (Phi) is 6.16. The predicted molar refractivity (Wildman–Crippen MR) is 72.8 cm³/mol. The molecular formula is C14H25N3. The number of hydrogen-bond donors (Lipinski definition) is 1. The zero-order valence-corrected chi connectivity index (χ0v) is 11.3. The van der Waals surface area contributed by atoms with Crippen LogP contribution in [0, 0.1) is 12.8 Å². The van der Waals surface area contributed by atoms with Crippen LogP contribution in [0.4, 0.5) is 0 Å². The maximum Gasteiger partial charge on any atom is 0.0547 e. The Bertz CT molecular complexity index is 325. The topological polar surface area (TPSA) is 42.2 Å². The zero-order valence-electron chi connectivity index (χ0n) is 11.3. The van der Waals surface area contributed by atoms with Crippen molar-refractivity contribution in [2.75, 3.05) is 19.6 Å². The van der Waals surface area contributed by atoms with Crippen LogP contribution in [0.3, 0.4) is 0 Å². The minimum Gasteiger partial charge on any atom is -0.330 e. The van der Waals surface area contributed by atoms with E-state index in [0.29, 0.717) is 5.92 Å². The summed E-state index contributed by atoms with van der Waals surface area (Å²) in [6.07, 6.45) is 1.09. The molecule has 1 rings (SSSR count). The number of rotatable bonds is 7. The van der Waals surface area contributed by atoms with Gasteiger partial charge in [-0.3, -0.25) is 9.88 Å². The van der Waals surface area contributed by atoms with Crippen molar-refractivity contribution >= 4 is 0 Å². The van der Waals surface area contributed by atoms with E-state index in [4.69, 9.17) is 5.73 Å². The molecule has 1 unspecified atom stereocenters. The van der Waals surface area contributed by atoms with Crippen LogP contribution in [-0.2, 0) is 6.54 Å². The van der Waals surface area contributed by atoms with E-state index in [1.54, 1.807) is 0 Å². The fourth-order valence-corrected chi connectivity index (χ4v) is 2.04. The minimum atomic E-state index is 0.657. The smallest absolute Gasteiger partial charge is 0.0547 e. The third-order valence-electron chi connectivity index (χ3n) is 3.01. The molecule has 0 amide bonds. The molecule has 0 radical (unpaired) electrons. The third kappa shape index (κ3) is 5.29. The van der Waals surface area contributed by atoms with Crippen LogP contribution in [0.25, 0.3) is 0 Å². The van der Waals surface area contributed by atoms with Crippen molar-refractivity contribution in [3.05, 3.63) is 29.6 Å². The molecule has 96 valence electrons. The molecule has 2 N–H and O–H groups in total. The van der Waals surface area contributed by atoms with Gasteiger partial charge in [0, 0.05) is 18.8 Å². The van der Waals surface area contributed by atoms with Crippen LogP contribution in [0.15, 0.2) is 18.2 Å². The van der Waals surface area contributed by atoms with Crippen LogP contribution in [0.2, 0.25) is 0 Å². The van der Waals surface area contributed by atoms with E-state index in [1.165, 1.54) is 0 Å². The quantitative estimate of drug-likeness (QED) is 0.788. The lowest BCUT2D eigenvalue weighted by molar-refractivity contribution is 0.234. The molecule has 0 bridgehead atoms. The summed E-state index contributed by atoms with van der Waals surface area (Å²) in [6, 6.07) is 6.22. The number of nitrogens with two attached hydrogens (primary N) is 1. The van der Waals surface area contributed by atoms with Crippen molar-refractivity contribution in [3.8, 4) is 0 Å². The monoisotopic (exact) mass is 235 g/mol. The van der Waals surface area contributed by atoms with Gasteiger partial charge < -0.3 is 5.73 Å². The summed E-state index contributed by atoms with van der Waals surface area (Å²) in [6.45, 7) is 10.4. The first kappa shape index (κ1) is 14.1. The highest BCUT2D eigenvalue weighted by atomic mass is 15.1. The van der Waals surface area contributed by atoms with E-state index in [1.807, 2.05) is 13.0 Å². The maximum absolute atomic E-state index is 5.59. The molecule has 0 aliphatic carbocycles. The highest BCUT2D eigenvalue weighted by Crippen LogP contribution is 2.08. The second kappa shape index (κ2) is 7.41. The first-order chi connectivity index (χ1) is 8.15. The molecule has 1 aromatic heterocycles. The molecule has 1 heterocycles. The van der Waals surface area contributed by atoms with Gasteiger partial charge in [-0.2, -0.15) is 0 Å². The van der Waals surface area contributed by atoms with E-state index in [-0.39, 0.29) is 0 Å². The average molecular weight is 235 g/mol. The lowest BCUT2D eigenvalue weighted by Gasteiger charge is -2.23. The van der Waals surface area contributed by atoms with Crippen molar-refractivity contribution in [3.63, 3.8) is 0 Å². The molecule has 0 aliphatic rings. The van der Waals surface area contributed by atoms with E-state index >= 15 is 0 Å². The average Bonchev–Trinajstić information content (AvgIpc) is 2.28. The van der Waals surface area contributed by atoms with Crippen LogP contribution in [0.1, 0.15) is 31.7 Å². The summed E-state index contributed by atoms with van der Waals surface area (Å²) in [7, 11) is 0. The molecule has 1 atom stereocenters. The molecule has 0 aliphatic heterocycles. The van der Waals surface area contributed by atoms with Crippen molar-refractivity contribution in [2.45, 2.75) is 33.7 Å². The molecule has 0 saturated heterocycles.